The number of nitrogens with zero attached hydrogens (tertiary/aromatic N) is 2. The van der Waals surface area contributed by atoms with E-state index in [4.69, 9.17) is 20.3 Å². The van der Waals surface area contributed by atoms with E-state index in [0.717, 1.165) is 30.0 Å². The summed E-state index contributed by atoms with van der Waals surface area (Å²) in [6.07, 6.45) is 4.47. The predicted molar refractivity (Wildman–Crippen MR) is 186 cm³/mol. The maximum Gasteiger partial charge on any atom is 0.142 e. The molecular formula is C38H46N4O3. The van der Waals surface area contributed by atoms with E-state index in [1.807, 2.05) is 66.7 Å². The number of phenolic OH excluding ortho intramolecular Hbond substituents is 1. The number of para-hydroxylation sites is 5. The minimum Gasteiger partial charge on any atom is -0.506 e. The van der Waals surface area contributed by atoms with E-state index in [9.17, 15) is 5.11 Å². The van der Waals surface area contributed by atoms with Crippen LogP contribution in [0.4, 0.5) is 11.4 Å². The van der Waals surface area contributed by atoms with E-state index < -0.39 is 0 Å². The first-order chi connectivity index (χ1) is 21.9. The van der Waals surface area contributed by atoms with Gasteiger partial charge in [-0.15, -0.1) is 0 Å². The van der Waals surface area contributed by atoms with Gasteiger partial charge in [0.1, 0.15) is 28.9 Å². The molecule has 45 heavy (non-hydrogen) atoms. The zero-order valence-electron chi connectivity index (χ0n) is 26.9. The number of phenols is 1. The Bertz CT molecular complexity index is 1440. The summed E-state index contributed by atoms with van der Waals surface area (Å²) in [5.74, 6) is 2.04. The van der Waals surface area contributed by atoms with Gasteiger partial charge in [0, 0.05) is 6.42 Å². The van der Waals surface area contributed by atoms with Crippen LogP contribution >= 0.6 is 0 Å². The Hall–Kier alpha value is -5.22. The fourth-order valence-electron chi connectivity index (χ4n) is 3.59. The minimum atomic E-state index is 0.123. The lowest BCUT2D eigenvalue weighted by molar-refractivity contribution is 0.246. The van der Waals surface area contributed by atoms with Crippen molar-refractivity contribution in [3.63, 3.8) is 0 Å². The van der Waals surface area contributed by atoms with E-state index in [-0.39, 0.29) is 5.75 Å². The highest BCUT2D eigenvalue weighted by Crippen LogP contribution is 2.24. The van der Waals surface area contributed by atoms with Gasteiger partial charge in [0.15, 0.2) is 0 Å². The molecule has 4 aromatic carbocycles. The fourth-order valence-corrected chi connectivity index (χ4v) is 3.59. The second kappa shape index (κ2) is 24.2. The van der Waals surface area contributed by atoms with Crippen molar-refractivity contribution in [1.29, 1.82) is 10.8 Å². The van der Waals surface area contributed by atoms with Gasteiger partial charge >= 0.3 is 0 Å². The summed E-state index contributed by atoms with van der Waals surface area (Å²) in [4.78, 5) is 7.95. The number of ether oxygens (including phenoxy) is 2. The molecule has 7 heteroatoms. The molecule has 0 aliphatic carbocycles. The molecule has 0 fully saturated rings. The number of rotatable bonds is 11. The van der Waals surface area contributed by atoms with Gasteiger partial charge in [0.2, 0.25) is 0 Å². The first-order valence-corrected chi connectivity index (χ1v) is 15.0. The number of allylic oxidation sites excluding steroid dienone is 1. The lowest BCUT2D eigenvalue weighted by Crippen LogP contribution is -2.06. The Morgan fingerprint density at radius 3 is 1.69 bits per heavy atom. The molecule has 0 aliphatic rings. The van der Waals surface area contributed by atoms with Crippen LogP contribution in [0, 0.1) is 24.7 Å². The molecule has 0 aliphatic heterocycles. The summed E-state index contributed by atoms with van der Waals surface area (Å²) in [6, 6.07) is 36.1. The normalized spacial score (nSPS) is 9.16. The van der Waals surface area contributed by atoms with Gasteiger partial charge in [0.25, 0.3) is 0 Å². The van der Waals surface area contributed by atoms with Crippen molar-refractivity contribution >= 4 is 23.4 Å². The van der Waals surface area contributed by atoms with Gasteiger partial charge in [-0.3, -0.25) is 0 Å². The summed E-state index contributed by atoms with van der Waals surface area (Å²) in [5, 5.41) is 20.7. The molecule has 0 bridgehead atoms. The first-order valence-electron chi connectivity index (χ1n) is 15.0. The average Bonchev–Trinajstić information content (AvgIpc) is 3.05. The monoisotopic (exact) mass is 606 g/mol. The third-order valence-electron chi connectivity index (χ3n) is 6.08. The van der Waals surface area contributed by atoms with Crippen molar-refractivity contribution in [3.8, 4) is 17.2 Å². The number of nitrogens with one attached hydrogen (secondary N) is 2. The van der Waals surface area contributed by atoms with Crippen LogP contribution in [-0.4, -0.2) is 30.3 Å². The Balaban J connectivity index is 0.000000351. The van der Waals surface area contributed by atoms with Crippen LogP contribution in [0.5, 0.6) is 17.2 Å². The van der Waals surface area contributed by atoms with Gasteiger partial charge < -0.3 is 14.6 Å². The van der Waals surface area contributed by atoms with Crippen LogP contribution in [-0.2, 0) is 0 Å². The number of benzene rings is 4. The Kier molecular flexibility index (Phi) is 20.4. The summed E-state index contributed by atoms with van der Waals surface area (Å²) >= 11 is 0. The lowest BCUT2D eigenvalue weighted by atomic mass is 10.1. The zero-order valence-corrected chi connectivity index (χ0v) is 26.9. The van der Waals surface area contributed by atoms with Crippen LogP contribution in [0.1, 0.15) is 50.7 Å². The topological polar surface area (TPSA) is 111 Å². The summed E-state index contributed by atoms with van der Waals surface area (Å²) in [5.41, 5.74) is 4.95. The highest BCUT2D eigenvalue weighted by molar-refractivity contribution is 5.61. The molecule has 3 N–H and O–H groups in total. The summed E-state index contributed by atoms with van der Waals surface area (Å²) in [7, 11) is 0. The number of hydrogen-bond acceptors (Lipinski definition) is 7. The average molecular weight is 607 g/mol. The van der Waals surface area contributed by atoms with E-state index in [1.165, 1.54) is 35.6 Å². The van der Waals surface area contributed by atoms with Crippen molar-refractivity contribution in [1.82, 2.24) is 0 Å². The highest BCUT2D eigenvalue weighted by Gasteiger charge is 2.00. The van der Waals surface area contributed by atoms with Crippen molar-refractivity contribution in [3.05, 3.63) is 126 Å². The summed E-state index contributed by atoms with van der Waals surface area (Å²) < 4.78 is 11.4. The van der Waals surface area contributed by atoms with Crippen molar-refractivity contribution in [2.75, 3.05) is 13.2 Å². The molecule has 236 valence electrons. The molecule has 0 unspecified atom stereocenters. The number of aryl methyl sites for hydroxylation is 2. The van der Waals surface area contributed by atoms with E-state index in [0.29, 0.717) is 18.9 Å². The van der Waals surface area contributed by atoms with E-state index in [2.05, 4.69) is 62.4 Å². The minimum absolute atomic E-state index is 0.123. The molecule has 4 rings (SSSR count). The maximum atomic E-state index is 9.43. The van der Waals surface area contributed by atoms with Crippen LogP contribution < -0.4 is 9.47 Å². The largest absolute Gasteiger partial charge is 0.506 e. The van der Waals surface area contributed by atoms with Gasteiger partial charge in [-0.2, -0.15) is 9.98 Å². The van der Waals surface area contributed by atoms with Crippen LogP contribution in [0.15, 0.2) is 125 Å². The molecular weight excluding hydrogens is 560 g/mol. The van der Waals surface area contributed by atoms with Gasteiger partial charge in [-0.25, -0.2) is 10.8 Å². The highest BCUT2D eigenvalue weighted by atomic mass is 16.5. The van der Waals surface area contributed by atoms with Crippen LogP contribution in [0.3, 0.4) is 0 Å². The van der Waals surface area contributed by atoms with E-state index >= 15 is 0 Å². The molecule has 0 spiro atoms. The lowest BCUT2D eigenvalue weighted by Gasteiger charge is -2.10. The zero-order chi connectivity index (χ0) is 33.1. The SMILES string of the molecule is C=C(CC)CCC.Cc1ccccc1OCCCOc1ccccc1C.N=C=N.Oc1ccccc1N=C=Nc1ccccc1. The van der Waals surface area contributed by atoms with Crippen molar-refractivity contribution in [2.24, 2.45) is 9.98 Å². The van der Waals surface area contributed by atoms with Crippen molar-refractivity contribution < 1.29 is 14.6 Å². The number of hydrogen-bond donors (Lipinski definition) is 3. The van der Waals surface area contributed by atoms with Crippen molar-refractivity contribution in [2.45, 2.75) is 53.4 Å². The van der Waals surface area contributed by atoms with E-state index in [1.54, 1.807) is 24.3 Å². The maximum absolute atomic E-state index is 9.43. The van der Waals surface area contributed by atoms with Gasteiger partial charge in [-0.1, -0.05) is 99.2 Å². The molecule has 0 aromatic heterocycles. The molecule has 0 atom stereocenters. The standard InChI is InChI=1S/C17H20O2.C13H10N2O.C7H14.CH2N2/c1-14-8-3-5-10-16(14)18-12-7-13-19-17-11-6-4-9-15(17)2;16-13-9-5-4-8-12(13)15-10-14-11-6-2-1-3-7-11;1-4-6-7(3)5-2;2-1-3/h3-6,8-11H,7,12-13H2,1-2H3;1-9,16H;3-6H2,1-2H3;2-3H. The Morgan fingerprint density at radius 2 is 1.22 bits per heavy atom. The Labute approximate surface area is 268 Å². The van der Waals surface area contributed by atoms with Crippen LogP contribution in [0.25, 0.3) is 0 Å². The summed E-state index contributed by atoms with van der Waals surface area (Å²) in [6.45, 7) is 13.7. The quantitative estimate of drug-likeness (QED) is 0.0897. The second-order valence-electron chi connectivity index (χ2n) is 9.71. The van der Waals surface area contributed by atoms with Gasteiger partial charge in [-0.05, 0) is 74.2 Å². The van der Waals surface area contributed by atoms with Crippen LogP contribution in [0.2, 0.25) is 0 Å². The Morgan fingerprint density at radius 1 is 0.733 bits per heavy atom. The third kappa shape index (κ3) is 17.5. The molecule has 4 aromatic rings. The molecule has 0 radical (unpaired) electrons. The molecule has 7 nitrogen and oxygen atoms in total. The predicted octanol–water partition coefficient (Wildman–Crippen LogP) is 10.8. The molecule has 0 saturated carbocycles. The number of aliphatic imine (C=N–C) groups is 2. The smallest absolute Gasteiger partial charge is 0.142 e. The fraction of sp³-hybridized carbons (Fsp3) is 0.263. The molecule has 0 amide bonds. The first kappa shape index (κ1) is 37.8. The number of aromatic hydroxyl groups is 1. The third-order valence-corrected chi connectivity index (χ3v) is 6.08. The molecule has 0 heterocycles. The van der Waals surface area contributed by atoms with Gasteiger partial charge in [0.05, 0.1) is 24.9 Å². The second-order valence-corrected chi connectivity index (χ2v) is 9.71. The molecule has 0 saturated heterocycles.